The molecule has 0 aliphatic carbocycles. The van der Waals surface area contributed by atoms with Crippen LogP contribution in [0.15, 0.2) is 59.6 Å². The molecule has 1 heterocycles. The fraction of sp³-hybridized carbons (Fsp3) is 0.300. The van der Waals surface area contributed by atoms with E-state index in [4.69, 9.17) is 5.41 Å². The average molecular weight is 335 g/mol. The summed E-state index contributed by atoms with van der Waals surface area (Å²) in [4.78, 5) is 6.96. The first kappa shape index (κ1) is 17.2. The Labute approximate surface area is 149 Å². The SMILES string of the molecule is CCN(CC)c1ccc(N=C2CNN(Cc3ccccc3)C2=N)cc1. The van der Waals surface area contributed by atoms with Gasteiger partial charge in [0, 0.05) is 18.8 Å². The van der Waals surface area contributed by atoms with Crippen LogP contribution in [0.25, 0.3) is 0 Å². The number of hydrogen-bond acceptors (Lipinski definition) is 4. The second-order valence-corrected chi connectivity index (χ2v) is 6.00. The largest absolute Gasteiger partial charge is 0.372 e. The molecule has 3 rings (SSSR count). The lowest BCUT2D eigenvalue weighted by atomic mass is 10.2. The van der Waals surface area contributed by atoms with Crippen LogP contribution >= 0.6 is 0 Å². The molecule has 130 valence electrons. The third-order valence-electron chi connectivity index (χ3n) is 4.41. The van der Waals surface area contributed by atoms with Gasteiger partial charge in [0.1, 0.15) is 0 Å². The highest BCUT2D eigenvalue weighted by molar-refractivity contribution is 6.42. The molecule has 0 saturated carbocycles. The number of benzene rings is 2. The van der Waals surface area contributed by atoms with Gasteiger partial charge in [-0.3, -0.25) is 10.4 Å². The van der Waals surface area contributed by atoms with Gasteiger partial charge in [-0.2, -0.15) is 0 Å². The summed E-state index contributed by atoms with van der Waals surface area (Å²) in [5.41, 5.74) is 7.28. The van der Waals surface area contributed by atoms with Gasteiger partial charge in [0.25, 0.3) is 0 Å². The second kappa shape index (κ2) is 7.94. The van der Waals surface area contributed by atoms with Crippen molar-refractivity contribution in [1.82, 2.24) is 10.4 Å². The summed E-state index contributed by atoms with van der Waals surface area (Å²) in [6.07, 6.45) is 0. The summed E-state index contributed by atoms with van der Waals surface area (Å²) in [6, 6.07) is 18.4. The van der Waals surface area contributed by atoms with E-state index in [1.54, 1.807) is 0 Å². The van der Waals surface area contributed by atoms with Crippen molar-refractivity contribution in [2.24, 2.45) is 4.99 Å². The van der Waals surface area contributed by atoms with Crippen LogP contribution in [0, 0.1) is 5.41 Å². The van der Waals surface area contributed by atoms with Crippen molar-refractivity contribution >= 4 is 22.9 Å². The maximum Gasteiger partial charge on any atom is 0.159 e. The van der Waals surface area contributed by atoms with Gasteiger partial charge in [-0.05, 0) is 43.7 Å². The fourth-order valence-corrected chi connectivity index (χ4v) is 2.96. The summed E-state index contributed by atoms with van der Waals surface area (Å²) in [5, 5.41) is 10.2. The van der Waals surface area contributed by atoms with Crippen LogP contribution in [0.4, 0.5) is 11.4 Å². The Kier molecular flexibility index (Phi) is 5.46. The molecule has 2 N–H and O–H groups in total. The van der Waals surface area contributed by atoms with E-state index >= 15 is 0 Å². The summed E-state index contributed by atoms with van der Waals surface area (Å²) < 4.78 is 0. The van der Waals surface area contributed by atoms with E-state index < -0.39 is 0 Å². The molecule has 0 bridgehead atoms. The van der Waals surface area contributed by atoms with Gasteiger partial charge in [-0.15, -0.1) is 0 Å². The van der Waals surface area contributed by atoms with E-state index in [1.807, 2.05) is 35.3 Å². The van der Waals surface area contributed by atoms with Gasteiger partial charge in [0.15, 0.2) is 5.84 Å². The van der Waals surface area contributed by atoms with Crippen LogP contribution in [-0.2, 0) is 6.54 Å². The van der Waals surface area contributed by atoms with Gasteiger partial charge in [-0.25, -0.2) is 10.4 Å². The number of hydrazine groups is 1. The van der Waals surface area contributed by atoms with E-state index in [9.17, 15) is 0 Å². The van der Waals surface area contributed by atoms with E-state index in [0.717, 1.165) is 24.5 Å². The van der Waals surface area contributed by atoms with Crippen molar-refractivity contribution in [3.05, 3.63) is 60.2 Å². The van der Waals surface area contributed by atoms with Crippen molar-refractivity contribution < 1.29 is 0 Å². The zero-order valence-corrected chi connectivity index (χ0v) is 14.9. The Bertz CT molecular complexity index is 732. The molecule has 0 aromatic heterocycles. The van der Waals surface area contributed by atoms with Crippen molar-refractivity contribution in [3.63, 3.8) is 0 Å². The molecule has 0 unspecified atom stereocenters. The van der Waals surface area contributed by atoms with Crippen LogP contribution in [0.5, 0.6) is 0 Å². The molecule has 5 heteroatoms. The minimum Gasteiger partial charge on any atom is -0.372 e. The number of hydrogen-bond donors (Lipinski definition) is 2. The van der Waals surface area contributed by atoms with Crippen molar-refractivity contribution in [2.75, 3.05) is 24.5 Å². The van der Waals surface area contributed by atoms with Gasteiger partial charge >= 0.3 is 0 Å². The summed E-state index contributed by atoms with van der Waals surface area (Å²) >= 11 is 0. The third-order valence-corrected chi connectivity index (χ3v) is 4.41. The first-order valence-electron chi connectivity index (χ1n) is 8.77. The van der Waals surface area contributed by atoms with Gasteiger partial charge in [0.2, 0.25) is 0 Å². The van der Waals surface area contributed by atoms with Crippen molar-refractivity contribution in [2.45, 2.75) is 20.4 Å². The van der Waals surface area contributed by atoms with E-state index in [0.29, 0.717) is 18.9 Å². The molecule has 1 saturated heterocycles. The van der Waals surface area contributed by atoms with Gasteiger partial charge in [-0.1, -0.05) is 30.3 Å². The topological polar surface area (TPSA) is 54.7 Å². The van der Waals surface area contributed by atoms with Crippen LogP contribution < -0.4 is 10.3 Å². The minimum absolute atomic E-state index is 0.441. The molecule has 1 aliphatic rings. The van der Waals surface area contributed by atoms with E-state index in [2.05, 4.69) is 53.4 Å². The Hall–Kier alpha value is -2.66. The molecule has 2 aromatic carbocycles. The highest BCUT2D eigenvalue weighted by Crippen LogP contribution is 2.20. The lowest BCUT2D eigenvalue weighted by molar-refractivity contribution is 0.340. The fourth-order valence-electron chi connectivity index (χ4n) is 2.96. The predicted octanol–water partition coefficient (Wildman–Crippen LogP) is 3.60. The molecule has 5 nitrogen and oxygen atoms in total. The smallest absolute Gasteiger partial charge is 0.159 e. The number of amidine groups is 1. The standard InChI is InChI=1S/C20H25N5/c1-3-24(4-2)18-12-10-17(11-13-18)23-19-14-22-25(20(19)21)15-16-8-6-5-7-9-16/h5-13,21-22H,3-4,14-15H2,1-2H3. The lowest BCUT2D eigenvalue weighted by Crippen LogP contribution is -2.33. The monoisotopic (exact) mass is 335 g/mol. The third kappa shape index (κ3) is 4.06. The number of aliphatic imine (C=N–C) groups is 1. The van der Waals surface area contributed by atoms with Gasteiger partial charge in [0.05, 0.1) is 24.5 Å². The Morgan fingerprint density at radius 1 is 1.04 bits per heavy atom. The molecule has 0 amide bonds. The molecule has 0 radical (unpaired) electrons. The van der Waals surface area contributed by atoms with Crippen LogP contribution in [-0.4, -0.2) is 36.2 Å². The molecular weight excluding hydrogens is 310 g/mol. The zero-order chi connectivity index (χ0) is 17.6. The van der Waals surface area contributed by atoms with Crippen molar-refractivity contribution in [1.29, 1.82) is 5.41 Å². The van der Waals surface area contributed by atoms with E-state index in [1.165, 1.54) is 11.3 Å². The maximum atomic E-state index is 8.36. The zero-order valence-electron chi connectivity index (χ0n) is 14.9. The molecule has 25 heavy (non-hydrogen) atoms. The summed E-state index contributed by atoms with van der Waals surface area (Å²) in [6.45, 7) is 7.55. The first-order chi connectivity index (χ1) is 12.2. The van der Waals surface area contributed by atoms with Crippen LogP contribution in [0.1, 0.15) is 19.4 Å². The van der Waals surface area contributed by atoms with Gasteiger partial charge < -0.3 is 4.90 Å². The highest BCUT2D eigenvalue weighted by atomic mass is 15.5. The Morgan fingerprint density at radius 3 is 2.36 bits per heavy atom. The quantitative estimate of drug-likeness (QED) is 0.848. The minimum atomic E-state index is 0.441. The lowest BCUT2D eigenvalue weighted by Gasteiger charge is -2.20. The number of nitrogens with one attached hydrogen (secondary N) is 2. The predicted molar refractivity (Wildman–Crippen MR) is 105 cm³/mol. The Balaban J connectivity index is 1.69. The van der Waals surface area contributed by atoms with Crippen molar-refractivity contribution in [3.8, 4) is 0 Å². The number of nitrogens with zero attached hydrogens (tertiary/aromatic N) is 3. The summed E-state index contributed by atoms with van der Waals surface area (Å²) in [5.74, 6) is 0.441. The van der Waals surface area contributed by atoms with Crippen LogP contribution in [0.3, 0.4) is 0 Å². The molecule has 0 spiro atoms. The average Bonchev–Trinajstić information content (AvgIpc) is 2.98. The molecule has 2 aromatic rings. The number of rotatable bonds is 6. The second-order valence-electron chi connectivity index (χ2n) is 6.00. The first-order valence-corrected chi connectivity index (χ1v) is 8.77. The highest BCUT2D eigenvalue weighted by Gasteiger charge is 2.23. The Morgan fingerprint density at radius 2 is 1.72 bits per heavy atom. The van der Waals surface area contributed by atoms with E-state index in [-0.39, 0.29) is 0 Å². The molecule has 1 aliphatic heterocycles. The molecule has 0 atom stereocenters. The van der Waals surface area contributed by atoms with Crippen LogP contribution in [0.2, 0.25) is 0 Å². The normalized spacial score (nSPS) is 15.8. The molecule has 1 fully saturated rings. The number of anilines is 1. The maximum absolute atomic E-state index is 8.36. The summed E-state index contributed by atoms with van der Waals surface area (Å²) in [7, 11) is 0. The molecular formula is C20H25N5.